The molecule has 0 unspecified atom stereocenters. The number of rotatable bonds is 4. The number of hydrogen-bond acceptors (Lipinski definition) is 3. The lowest BCUT2D eigenvalue weighted by molar-refractivity contribution is -0.122. The van der Waals surface area contributed by atoms with Crippen LogP contribution in [0.1, 0.15) is 35.2 Å². The van der Waals surface area contributed by atoms with E-state index in [1.54, 1.807) is 0 Å². The number of aryl methyl sites for hydroxylation is 1. The molecule has 4 aromatic rings. The van der Waals surface area contributed by atoms with Crippen LogP contribution in [0.25, 0.3) is 21.9 Å². The molecule has 2 fully saturated rings. The van der Waals surface area contributed by atoms with E-state index in [4.69, 9.17) is 4.42 Å². The van der Waals surface area contributed by atoms with Gasteiger partial charge in [0.2, 0.25) is 5.91 Å². The Kier molecular flexibility index (Phi) is 5.21. The van der Waals surface area contributed by atoms with Gasteiger partial charge in [-0.2, -0.15) is 0 Å². The molecule has 1 heterocycles. The van der Waals surface area contributed by atoms with E-state index in [9.17, 15) is 9.59 Å². The Balaban J connectivity index is 1.24. The molecule has 2 N–H and O–H groups in total. The number of anilines is 1. The molecule has 4 atom stereocenters. The van der Waals surface area contributed by atoms with Crippen LogP contribution in [-0.2, 0) is 4.79 Å². The Morgan fingerprint density at radius 3 is 2.59 bits per heavy atom. The number of benzene rings is 3. The molecule has 0 saturated heterocycles. The standard InChI is InChI=1S/C28H25BrN2O3/c1-15-12-18(29)8-10-20(15)27(32)31-26-17-7-6-16(13-17)25(26)28(33)30-19-9-11-24-22(14-19)21-4-2-3-5-23(21)34-24/h2-5,8-12,14,16-17,25-26H,6-7,13H2,1H3,(H,30,33)(H,31,32)/t16-,17+,25+,26+/m0/s1. The molecule has 5 nitrogen and oxygen atoms in total. The van der Waals surface area contributed by atoms with Gasteiger partial charge in [0.1, 0.15) is 11.2 Å². The third-order valence-electron chi connectivity index (χ3n) is 7.59. The van der Waals surface area contributed by atoms with E-state index in [2.05, 4.69) is 26.6 Å². The molecule has 3 aromatic carbocycles. The van der Waals surface area contributed by atoms with Crippen molar-refractivity contribution >= 4 is 55.4 Å². The second-order valence-corrected chi connectivity index (χ2v) is 10.5. The van der Waals surface area contributed by atoms with Gasteiger partial charge in [0.05, 0.1) is 5.92 Å². The summed E-state index contributed by atoms with van der Waals surface area (Å²) in [6, 6.07) is 19.2. The summed E-state index contributed by atoms with van der Waals surface area (Å²) >= 11 is 3.46. The predicted octanol–water partition coefficient (Wildman–Crippen LogP) is 6.44. The van der Waals surface area contributed by atoms with Gasteiger partial charge in [0.15, 0.2) is 0 Å². The van der Waals surface area contributed by atoms with E-state index in [1.807, 2.05) is 67.6 Å². The van der Waals surface area contributed by atoms with E-state index in [0.717, 1.165) is 56.9 Å². The first kappa shape index (κ1) is 21.4. The molecule has 34 heavy (non-hydrogen) atoms. The van der Waals surface area contributed by atoms with Crippen LogP contribution < -0.4 is 10.6 Å². The maximum Gasteiger partial charge on any atom is 0.251 e. The Morgan fingerprint density at radius 1 is 0.941 bits per heavy atom. The Labute approximate surface area is 206 Å². The van der Waals surface area contributed by atoms with Gasteiger partial charge in [-0.15, -0.1) is 0 Å². The summed E-state index contributed by atoms with van der Waals surface area (Å²) in [5.41, 5.74) is 3.95. The molecule has 2 bridgehead atoms. The van der Waals surface area contributed by atoms with Crippen LogP contribution in [0.2, 0.25) is 0 Å². The smallest absolute Gasteiger partial charge is 0.251 e. The minimum Gasteiger partial charge on any atom is -0.456 e. The summed E-state index contributed by atoms with van der Waals surface area (Å²) in [4.78, 5) is 26.6. The molecule has 6 heteroatoms. The molecule has 6 rings (SSSR count). The van der Waals surface area contributed by atoms with Crippen molar-refractivity contribution in [3.05, 3.63) is 76.3 Å². The Bertz CT molecular complexity index is 1440. The minimum atomic E-state index is -0.227. The van der Waals surface area contributed by atoms with Crippen LogP contribution in [0.15, 0.2) is 69.6 Å². The molecule has 2 aliphatic carbocycles. The van der Waals surface area contributed by atoms with Crippen molar-refractivity contribution in [3.63, 3.8) is 0 Å². The Morgan fingerprint density at radius 2 is 1.74 bits per heavy atom. The Hall–Kier alpha value is -3.12. The average Bonchev–Trinajstić information content (AvgIpc) is 3.52. The first-order valence-corrected chi connectivity index (χ1v) is 12.6. The fraction of sp³-hybridized carbons (Fsp3) is 0.286. The summed E-state index contributed by atoms with van der Waals surface area (Å²) in [6.07, 6.45) is 3.09. The zero-order valence-electron chi connectivity index (χ0n) is 18.8. The van der Waals surface area contributed by atoms with E-state index < -0.39 is 0 Å². The van der Waals surface area contributed by atoms with Crippen molar-refractivity contribution in [1.29, 1.82) is 0 Å². The van der Waals surface area contributed by atoms with Gasteiger partial charge in [-0.1, -0.05) is 34.1 Å². The van der Waals surface area contributed by atoms with Gasteiger partial charge in [0, 0.05) is 32.5 Å². The molecular formula is C28H25BrN2O3. The highest BCUT2D eigenvalue weighted by Crippen LogP contribution is 2.49. The van der Waals surface area contributed by atoms with Crippen LogP contribution in [0.4, 0.5) is 5.69 Å². The maximum atomic E-state index is 13.5. The average molecular weight is 517 g/mol. The van der Waals surface area contributed by atoms with Crippen molar-refractivity contribution < 1.29 is 14.0 Å². The van der Waals surface area contributed by atoms with Gasteiger partial charge < -0.3 is 15.1 Å². The molecule has 0 aliphatic heterocycles. The lowest BCUT2D eigenvalue weighted by Crippen LogP contribution is -2.48. The monoisotopic (exact) mass is 516 g/mol. The van der Waals surface area contributed by atoms with Crippen LogP contribution in [0.5, 0.6) is 0 Å². The van der Waals surface area contributed by atoms with Crippen molar-refractivity contribution in [2.45, 2.75) is 32.2 Å². The van der Waals surface area contributed by atoms with Gasteiger partial charge >= 0.3 is 0 Å². The van der Waals surface area contributed by atoms with E-state index in [0.29, 0.717) is 17.4 Å². The number of carbonyl (C=O) groups excluding carboxylic acids is 2. The summed E-state index contributed by atoms with van der Waals surface area (Å²) < 4.78 is 6.85. The van der Waals surface area contributed by atoms with Crippen molar-refractivity contribution in [1.82, 2.24) is 5.32 Å². The predicted molar refractivity (Wildman–Crippen MR) is 137 cm³/mol. The van der Waals surface area contributed by atoms with Crippen molar-refractivity contribution in [2.24, 2.45) is 17.8 Å². The molecule has 172 valence electrons. The van der Waals surface area contributed by atoms with Crippen LogP contribution >= 0.6 is 15.9 Å². The summed E-state index contributed by atoms with van der Waals surface area (Å²) in [6.45, 7) is 1.93. The summed E-state index contributed by atoms with van der Waals surface area (Å²) in [7, 11) is 0. The summed E-state index contributed by atoms with van der Waals surface area (Å²) in [5.74, 6) is 0.305. The molecular weight excluding hydrogens is 492 g/mol. The van der Waals surface area contributed by atoms with Crippen LogP contribution in [0.3, 0.4) is 0 Å². The van der Waals surface area contributed by atoms with Gasteiger partial charge in [0.25, 0.3) is 5.91 Å². The molecule has 2 saturated carbocycles. The van der Waals surface area contributed by atoms with Crippen LogP contribution in [-0.4, -0.2) is 17.9 Å². The number of furan rings is 1. The summed E-state index contributed by atoms with van der Waals surface area (Å²) in [5, 5.41) is 8.38. The van der Waals surface area contributed by atoms with Gasteiger partial charge in [-0.25, -0.2) is 0 Å². The molecule has 0 radical (unpaired) electrons. The number of halogens is 1. The van der Waals surface area contributed by atoms with E-state index >= 15 is 0 Å². The first-order chi connectivity index (χ1) is 16.5. The van der Waals surface area contributed by atoms with E-state index in [1.165, 1.54) is 0 Å². The van der Waals surface area contributed by atoms with Crippen molar-refractivity contribution in [3.8, 4) is 0 Å². The number of nitrogens with one attached hydrogen (secondary N) is 2. The third kappa shape index (κ3) is 3.61. The highest BCUT2D eigenvalue weighted by molar-refractivity contribution is 9.10. The molecule has 2 amide bonds. The SMILES string of the molecule is Cc1cc(Br)ccc1C(=O)N[C@@H]1[C@@H]2CC[C@@H](C2)[C@H]1C(=O)Nc1ccc2oc3ccccc3c2c1. The third-order valence-corrected chi connectivity index (χ3v) is 8.09. The van der Waals surface area contributed by atoms with Gasteiger partial charge in [-0.3, -0.25) is 9.59 Å². The number of hydrogen-bond donors (Lipinski definition) is 2. The molecule has 0 spiro atoms. The molecule has 1 aromatic heterocycles. The van der Waals surface area contributed by atoms with Crippen LogP contribution in [0, 0.1) is 24.7 Å². The fourth-order valence-corrected chi connectivity index (χ4v) is 6.49. The second-order valence-electron chi connectivity index (χ2n) is 9.62. The largest absolute Gasteiger partial charge is 0.456 e. The van der Waals surface area contributed by atoms with E-state index in [-0.39, 0.29) is 23.8 Å². The first-order valence-electron chi connectivity index (χ1n) is 11.8. The lowest BCUT2D eigenvalue weighted by atomic mass is 9.83. The second kappa shape index (κ2) is 8.27. The number of para-hydroxylation sites is 1. The quantitative estimate of drug-likeness (QED) is 0.327. The normalized spacial score (nSPS) is 23.5. The highest BCUT2D eigenvalue weighted by atomic mass is 79.9. The molecule has 2 aliphatic rings. The lowest BCUT2D eigenvalue weighted by Gasteiger charge is -2.31. The number of fused-ring (bicyclic) bond motifs is 5. The topological polar surface area (TPSA) is 71.3 Å². The zero-order chi connectivity index (χ0) is 23.4. The highest BCUT2D eigenvalue weighted by Gasteiger charge is 2.51. The zero-order valence-corrected chi connectivity index (χ0v) is 20.4. The fourth-order valence-electron chi connectivity index (χ4n) is 6.02. The maximum absolute atomic E-state index is 13.5. The number of carbonyl (C=O) groups is 2. The number of amides is 2. The minimum absolute atomic E-state index is 0.0165. The van der Waals surface area contributed by atoms with Crippen molar-refractivity contribution in [2.75, 3.05) is 5.32 Å². The van der Waals surface area contributed by atoms with Gasteiger partial charge in [-0.05, 0) is 86.1 Å².